The quantitative estimate of drug-likeness (QED) is 0.689. The van der Waals surface area contributed by atoms with Crippen LogP contribution in [0.25, 0.3) is 0 Å². The molecule has 2 aromatic rings. The number of ether oxygens (including phenoxy) is 1. The molecule has 1 aliphatic rings. The van der Waals surface area contributed by atoms with E-state index in [-0.39, 0.29) is 10.8 Å². The minimum absolute atomic E-state index is 0.121. The lowest BCUT2D eigenvalue weighted by atomic mass is 10.1. The van der Waals surface area contributed by atoms with Crippen molar-refractivity contribution >= 4 is 21.6 Å². The van der Waals surface area contributed by atoms with E-state index >= 15 is 0 Å². The molecule has 0 bridgehead atoms. The van der Waals surface area contributed by atoms with E-state index in [9.17, 15) is 13.2 Å². The first-order valence-electron chi connectivity index (χ1n) is 10.9. The molecule has 0 saturated carbocycles. The van der Waals surface area contributed by atoms with Gasteiger partial charge in [-0.25, -0.2) is 13.1 Å². The largest absolute Gasteiger partial charge is 0.495 e. The van der Waals surface area contributed by atoms with Crippen molar-refractivity contribution in [2.45, 2.75) is 44.0 Å². The number of benzene rings is 2. The highest BCUT2D eigenvalue weighted by Crippen LogP contribution is 2.28. The zero-order valence-corrected chi connectivity index (χ0v) is 20.1. The monoisotopic (exact) mass is 459 g/mol. The lowest BCUT2D eigenvalue weighted by molar-refractivity contribution is -0.131. The molecule has 8 heteroatoms. The Morgan fingerprint density at radius 1 is 1.00 bits per heavy atom. The first-order chi connectivity index (χ1) is 15.1. The van der Waals surface area contributed by atoms with Crippen LogP contribution in [0.4, 0.5) is 5.69 Å². The van der Waals surface area contributed by atoms with Crippen LogP contribution in [0, 0.1) is 0 Å². The van der Waals surface area contributed by atoms with Gasteiger partial charge in [-0.05, 0) is 57.0 Å². The molecule has 32 heavy (non-hydrogen) atoms. The molecule has 3 rings (SSSR count). The molecule has 1 aliphatic heterocycles. The fourth-order valence-corrected chi connectivity index (χ4v) is 5.21. The number of carbonyl (C=O) groups is 1. The van der Waals surface area contributed by atoms with E-state index < -0.39 is 15.6 Å². The van der Waals surface area contributed by atoms with Gasteiger partial charge in [-0.15, -0.1) is 0 Å². The summed E-state index contributed by atoms with van der Waals surface area (Å²) in [4.78, 5) is 17.1. The Bertz CT molecular complexity index is 1020. The number of carbonyl (C=O) groups excluding carboxylic acids is 1. The summed E-state index contributed by atoms with van der Waals surface area (Å²) in [6.45, 7) is 8.29. The number of methoxy groups -OCH3 is 1. The van der Waals surface area contributed by atoms with E-state index in [1.54, 1.807) is 52.1 Å². The molecule has 0 unspecified atom stereocenters. The summed E-state index contributed by atoms with van der Waals surface area (Å²) in [5.74, 6) is 0.964. The van der Waals surface area contributed by atoms with Crippen molar-refractivity contribution < 1.29 is 17.9 Å². The number of aryl methyl sites for hydroxylation is 1. The highest BCUT2D eigenvalue weighted by Gasteiger charge is 2.23. The van der Waals surface area contributed by atoms with Gasteiger partial charge in [0.2, 0.25) is 15.9 Å². The number of nitrogens with zero attached hydrogens (tertiary/aromatic N) is 2. The number of hydrogen-bond acceptors (Lipinski definition) is 5. The molecular formula is C24H33N3O4S. The van der Waals surface area contributed by atoms with Crippen molar-refractivity contribution in [3.8, 4) is 5.75 Å². The van der Waals surface area contributed by atoms with Gasteiger partial charge in [0.05, 0.1) is 17.7 Å². The van der Waals surface area contributed by atoms with E-state index in [2.05, 4.69) is 9.62 Å². The number of para-hydroxylation sites is 2. The zero-order chi connectivity index (χ0) is 23.4. The van der Waals surface area contributed by atoms with Crippen LogP contribution in [0.1, 0.15) is 32.8 Å². The topological polar surface area (TPSA) is 79.0 Å². The maximum atomic E-state index is 12.7. The lowest BCUT2D eigenvalue weighted by Crippen LogP contribution is -2.48. The summed E-state index contributed by atoms with van der Waals surface area (Å²) in [6.07, 6.45) is 0.986. The minimum Gasteiger partial charge on any atom is -0.495 e. The van der Waals surface area contributed by atoms with E-state index in [0.717, 1.165) is 30.1 Å². The van der Waals surface area contributed by atoms with Crippen LogP contribution in [0.5, 0.6) is 5.75 Å². The first-order valence-corrected chi connectivity index (χ1v) is 12.4. The molecule has 1 N–H and O–H groups in total. The molecule has 1 heterocycles. The van der Waals surface area contributed by atoms with Crippen LogP contribution in [0.3, 0.4) is 0 Å². The van der Waals surface area contributed by atoms with E-state index in [1.165, 1.54) is 0 Å². The molecule has 1 fully saturated rings. The third-order valence-corrected chi connectivity index (χ3v) is 7.13. The number of piperazine rings is 1. The Morgan fingerprint density at radius 2 is 1.62 bits per heavy atom. The Kier molecular flexibility index (Phi) is 7.46. The van der Waals surface area contributed by atoms with Crippen molar-refractivity contribution in [1.29, 1.82) is 0 Å². The number of nitrogens with one attached hydrogen (secondary N) is 1. The molecular weight excluding hydrogens is 426 g/mol. The van der Waals surface area contributed by atoms with Crippen LogP contribution in [-0.2, 0) is 21.2 Å². The molecule has 1 saturated heterocycles. The summed E-state index contributed by atoms with van der Waals surface area (Å²) in [6, 6.07) is 14.7. The molecule has 0 atom stereocenters. The van der Waals surface area contributed by atoms with Gasteiger partial charge in [-0.2, -0.15) is 0 Å². The summed E-state index contributed by atoms with van der Waals surface area (Å²) >= 11 is 0. The van der Waals surface area contributed by atoms with Gasteiger partial charge in [-0.3, -0.25) is 4.79 Å². The Labute approximate surface area is 191 Å². The highest BCUT2D eigenvalue weighted by atomic mass is 32.2. The Morgan fingerprint density at radius 3 is 2.22 bits per heavy atom. The second kappa shape index (κ2) is 9.92. The average molecular weight is 460 g/mol. The zero-order valence-electron chi connectivity index (χ0n) is 19.3. The van der Waals surface area contributed by atoms with Gasteiger partial charge in [0.1, 0.15) is 5.75 Å². The van der Waals surface area contributed by atoms with Crippen molar-refractivity contribution in [3.63, 3.8) is 0 Å². The maximum absolute atomic E-state index is 12.7. The first kappa shape index (κ1) is 24.1. The fraction of sp³-hybridized carbons (Fsp3) is 0.458. The Balaban J connectivity index is 1.51. The smallest absolute Gasteiger partial charge is 0.241 e. The van der Waals surface area contributed by atoms with Gasteiger partial charge in [0.25, 0.3) is 0 Å². The summed E-state index contributed by atoms with van der Waals surface area (Å²) in [5, 5.41) is 0. The van der Waals surface area contributed by atoms with Crippen molar-refractivity contribution in [2.75, 3.05) is 38.2 Å². The van der Waals surface area contributed by atoms with Gasteiger partial charge in [0.15, 0.2) is 0 Å². The number of hydrogen-bond donors (Lipinski definition) is 1. The third-order valence-electron chi connectivity index (χ3n) is 5.36. The molecule has 2 aromatic carbocycles. The van der Waals surface area contributed by atoms with Crippen LogP contribution in [-0.4, -0.2) is 58.1 Å². The average Bonchev–Trinajstić information content (AvgIpc) is 2.76. The number of anilines is 1. The predicted molar refractivity (Wildman–Crippen MR) is 127 cm³/mol. The molecule has 0 radical (unpaired) electrons. The number of amides is 1. The van der Waals surface area contributed by atoms with Gasteiger partial charge < -0.3 is 14.5 Å². The highest BCUT2D eigenvalue weighted by molar-refractivity contribution is 7.89. The number of sulfonamides is 1. The minimum atomic E-state index is -3.56. The van der Waals surface area contributed by atoms with Gasteiger partial charge >= 0.3 is 0 Å². The predicted octanol–water partition coefficient (Wildman–Crippen LogP) is 3.05. The van der Waals surface area contributed by atoms with E-state index in [1.807, 2.05) is 29.2 Å². The Hall–Kier alpha value is -2.58. The molecule has 0 aromatic heterocycles. The van der Waals surface area contributed by atoms with Gasteiger partial charge in [0, 0.05) is 38.1 Å². The number of rotatable bonds is 7. The van der Waals surface area contributed by atoms with Crippen LogP contribution in [0.2, 0.25) is 0 Å². The molecule has 174 valence electrons. The summed E-state index contributed by atoms with van der Waals surface area (Å²) in [5.41, 5.74) is 1.46. The van der Waals surface area contributed by atoms with Crippen LogP contribution >= 0.6 is 0 Å². The van der Waals surface area contributed by atoms with Crippen LogP contribution in [0.15, 0.2) is 53.4 Å². The molecule has 0 aliphatic carbocycles. The van der Waals surface area contributed by atoms with E-state index in [0.29, 0.717) is 25.9 Å². The van der Waals surface area contributed by atoms with Crippen molar-refractivity contribution in [1.82, 2.24) is 9.62 Å². The second-order valence-corrected chi connectivity index (χ2v) is 10.7. The van der Waals surface area contributed by atoms with Gasteiger partial charge in [-0.1, -0.05) is 24.3 Å². The normalized spacial score (nSPS) is 15.0. The van der Waals surface area contributed by atoms with Crippen molar-refractivity contribution in [3.05, 3.63) is 54.1 Å². The lowest BCUT2D eigenvalue weighted by Gasteiger charge is -2.36. The second-order valence-electron chi connectivity index (χ2n) is 9.04. The van der Waals surface area contributed by atoms with Crippen molar-refractivity contribution in [2.24, 2.45) is 0 Å². The fourth-order valence-electron chi connectivity index (χ4n) is 3.79. The van der Waals surface area contributed by atoms with Crippen LogP contribution < -0.4 is 14.4 Å². The molecule has 1 amide bonds. The maximum Gasteiger partial charge on any atom is 0.241 e. The SMILES string of the molecule is COc1ccccc1N1CCN(C(=O)CCc2ccc(S(=O)(=O)NC(C)(C)C)cc2)CC1. The van der Waals surface area contributed by atoms with E-state index in [4.69, 9.17) is 4.74 Å². The summed E-state index contributed by atoms with van der Waals surface area (Å²) in [7, 11) is -1.89. The standard InChI is InChI=1S/C24H33N3O4S/c1-24(2,3)25-32(29,30)20-12-9-19(10-13-20)11-14-23(28)27-17-15-26(16-18-27)21-7-5-6-8-22(21)31-4/h5-10,12-13,25H,11,14-18H2,1-4H3. The molecule has 7 nitrogen and oxygen atoms in total. The summed E-state index contributed by atoms with van der Waals surface area (Å²) < 4.78 is 32.9. The molecule has 0 spiro atoms. The third kappa shape index (κ3) is 6.23.